The molecule has 30 nitrogen and oxygen atoms in total. The molecule has 558 valence electrons. The molecule has 0 aliphatic heterocycles. The number of aliphatic hydroxyl groups excluding tert-OH is 3. The van der Waals surface area contributed by atoms with E-state index in [-0.39, 0.29) is 67.0 Å². The largest absolute Gasteiger partial charge is 0.508 e. The molecule has 0 saturated heterocycles. The number of fused-ring (bicyclic) bond motifs is 5. The summed E-state index contributed by atoms with van der Waals surface area (Å²) in [5.74, 6) is -5.31. The number of phenolic OH excluding ortho intramolecular Hbond substituents is 9. The highest BCUT2D eigenvalue weighted by Crippen LogP contribution is 2.60. The molecule has 4 aliphatic rings. The Hall–Kier alpha value is -12.6. The number of methoxy groups -OCH3 is 1. The standard InChI is InChI=1S/C18H22O2.C16H20O9.C14H6O8.C10H10O4.C9H8O4.C9H8O3/c1-18-9-8-14-13-5-3-12(19)10-11(13)2-4-15(14)16(18)6-7-17(18)20;17-9-3-1-8(5-10(9)18)2-4-13(20)25-12-7-16(24,15(22)23)6-11(19)14(12)21;15-4-2-6(17)11-9-7-3(13(19)21-11)1-5(16)10(18)12(7)22-14(20)8(4)9;1-14-9-6-7(2-4-8(9)11)3-5-10(12)13;10-7-3-1-6(5-8(7)11)2-4-9(12)13;10-8-4-1-7(2-5-8)3-6-9(11)12/h3,5,10,14-16,19H,2,4,6-9H2,1H3;1-5,11-14,17-21,24H,6-7H2,(H,22,23);1-2,15-16,19-20H;2-6,11H,1H3,(H,12,13);1-5,10-11H,(H,12,13);1-6,10H,(H,11,12)/b;4-2+;;5-3+;4-2+;6-3+/t14-,15-,16+,18+;11-,12?,13?,14+,16-;;;;/m11..../s1. The third-order valence-corrected chi connectivity index (χ3v) is 18.3. The van der Waals surface area contributed by atoms with Crippen molar-refractivity contribution in [3.8, 4) is 69.4 Å². The van der Waals surface area contributed by atoms with E-state index in [9.17, 15) is 94.8 Å². The molecule has 19 N–H and O–H groups in total. The molecule has 9 aromatic rings. The summed E-state index contributed by atoms with van der Waals surface area (Å²) in [6.07, 6.45) is 9.14. The first kappa shape index (κ1) is 79.1. The normalized spacial score (nSPS) is 21.0. The van der Waals surface area contributed by atoms with Crippen LogP contribution in [0.4, 0.5) is 0 Å². The van der Waals surface area contributed by atoms with Gasteiger partial charge in [-0.1, -0.05) is 49.4 Å². The second-order valence-electron chi connectivity index (χ2n) is 25.2. The highest BCUT2D eigenvalue weighted by atomic mass is 16.6. The van der Waals surface area contributed by atoms with Crippen molar-refractivity contribution in [1.29, 1.82) is 0 Å². The zero-order valence-electron chi connectivity index (χ0n) is 56.2. The Morgan fingerprint density at radius 1 is 0.547 bits per heavy atom. The van der Waals surface area contributed by atoms with Crippen LogP contribution in [-0.2, 0) is 35.1 Å². The average Bonchev–Trinajstić information content (AvgIpc) is 0.744. The van der Waals surface area contributed by atoms with E-state index in [0.717, 1.165) is 74.1 Å². The second kappa shape index (κ2) is 33.7. The summed E-state index contributed by atoms with van der Waals surface area (Å²) in [7, 11) is 1.43. The molecule has 106 heavy (non-hydrogen) atoms. The van der Waals surface area contributed by atoms with Crippen molar-refractivity contribution in [3.63, 3.8) is 0 Å². The fourth-order valence-corrected chi connectivity index (χ4v) is 13.1. The molecule has 3 saturated carbocycles. The van der Waals surface area contributed by atoms with Crippen LogP contribution in [0, 0.1) is 17.3 Å². The second-order valence-corrected chi connectivity index (χ2v) is 25.2. The third-order valence-electron chi connectivity index (χ3n) is 18.3. The highest BCUT2D eigenvalue weighted by molar-refractivity contribution is 6.23. The molecule has 0 spiro atoms. The number of hydrogen-bond donors (Lipinski definition) is 19. The van der Waals surface area contributed by atoms with Crippen molar-refractivity contribution < 1.29 is 139 Å². The maximum Gasteiger partial charge on any atom is 0.335 e. The predicted molar refractivity (Wildman–Crippen MR) is 378 cm³/mol. The van der Waals surface area contributed by atoms with E-state index in [0.29, 0.717) is 51.7 Å². The predicted octanol–water partition coefficient (Wildman–Crippen LogP) is 8.46. The number of ketones is 1. The lowest BCUT2D eigenvalue weighted by Crippen LogP contribution is -2.57. The van der Waals surface area contributed by atoms with Crippen LogP contribution >= 0.6 is 0 Å². The fourth-order valence-electron chi connectivity index (χ4n) is 13.1. The first-order chi connectivity index (χ1) is 50.0. The SMILES string of the molecule is COc1cc(/C=C/C(=O)O)ccc1O.C[C@]12CC[C@@H]3c4ccc(O)cc4CC[C@H]3[C@@H]1CCC2=O.O=C(O)/C=C/c1ccc(O)c(O)c1.O=C(O)/C=C/c1ccc(O)cc1.O=C(O)[C@]1(O)CC(OC(O)/C=C/c2ccc(O)c(O)c2)[C@@H](O)[C@H](O)C1.O=c1c(O)cc2c(O)oc3c(=O)cc(O)c4c(O)oc1c2c43. The van der Waals surface area contributed by atoms with Gasteiger partial charge in [-0.05, 0) is 174 Å². The Morgan fingerprint density at radius 2 is 1.09 bits per heavy atom. The van der Waals surface area contributed by atoms with Crippen LogP contribution in [-0.4, -0.2) is 164 Å². The van der Waals surface area contributed by atoms with Gasteiger partial charge in [0, 0.05) is 54.4 Å². The minimum atomic E-state index is -2.27. The number of aliphatic hydroxyl groups is 4. The topological polar surface area (TPSA) is 549 Å². The van der Waals surface area contributed by atoms with Gasteiger partial charge in [-0.2, -0.15) is 0 Å². The first-order valence-electron chi connectivity index (χ1n) is 32.3. The maximum absolute atomic E-state index is 12.3. The highest BCUT2D eigenvalue weighted by Gasteiger charge is 2.55. The number of hydrogen-bond acceptors (Lipinski definition) is 26. The van der Waals surface area contributed by atoms with Crippen LogP contribution in [0.25, 0.3) is 57.0 Å². The molecule has 0 radical (unpaired) electrons. The van der Waals surface area contributed by atoms with E-state index in [1.54, 1.807) is 24.3 Å². The Labute approximate surface area is 599 Å². The van der Waals surface area contributed by atoms with E-state index in [4.69, 9.17) is 54.1 Å². The number of aromatic hydroxyl groups is 11. The zero-order chi connectivity index (χ0) is 77.8. The maximum atomic E-state index is 12.3. The quantitative estimate of drug-likeness (QED) is 0.0236. The van der Waals surface area contributed by atoms with Crippen LogP contribution in [0.15, 0.2) is 152 Å². The molecule has 7 aromatic carbocycles. The number of Topliss-reactive ketones (excluding diaryl/α,β-unsaturated/α-hetero) is 1. The van der Waals surface area contributed by atoms with Gasteiger partial charge < -0.3 is 115 Å². The van der Waals surface area contributed by atoms with Gasteiger partial charge in [0.15, 0.2) is 63.3 Å². The van der Waals surface area contributed by atoms with E-state index in [2.05, 4.69) is 13.0 Å². The molecule has 13 rings (SSSR count). The summed E-state index contributed by atoms with van der Waals surface area (Å²) in [6, 6.07) is 26.5. The van der Waals surface area contributed by atoms with Gasteiger partial charge in [0.1, 0.15) is 34.5 Å². The number of carboxylic acids is 4. The van der Waals surface area contributed by atoms with Gasteiger partial charge in [0.05, 0.1) is 30.1 Å². The molecule has 0 amide bonds. The summed E-state index contributed by atoms with van der Waals surface area (Å²) in [5.41, 5.74) is 0.298. The Kier molecular flexibility index (Phi) is 25.1. The van der Waals surface area contributed by atoms with Crippen LogP contribution in [0.1, 0.15) is 91.2 Å². The third kappa shape index (κ3) is 18.8. The monoisotopic (exact) mass is 1470 g/mol. The number of benzene rings is 7. The van der Waals surface area contributed by atoms with E-state index in [1.165, 1.54) is 104 Å². The Bertz CT molecular complexity index is 4990. The number of carboxylic acid groups (broad SMARTS) is 4. The van der Waals surface area contributed by atoms with Crippen molar-refractivity contribution in [2.24, 2.45) is 17.3 Å². The molecular formula is C76H74O30. The number of aryl methyl sites for hydroxylation is 1. The summed E-state index contributed by atoms with van der Waals surface area (Å²) in [6.45, 7) is 2.22. The average molecular weight is 1470 g/mol. The lowest BCUT2D eigenvalue weighted by molar-refractivity contribution is -0.216. The number of carbonyl (C=O) groups excluding carboxylic acids is 1. The van der Waals surface area contributed by atoms with Gasteiger partial charge in [-0.15, -0.1) is 0 Å². The fraction of sp³-hybridized carbons (Fsp3) is 0.250. The van der Waals surface area contributed by atoms with Gasteiger partial charge in [0.2, 0.25) is 5.43 Å². The van der Waals surface area contributed by atoms with Crippen molar-refractivity contribution in [1.82, 2.24) is 0 Å². The number of aliphatic carboxylic acids is 4. The van der Waals surface area contributed by atoms with Crippen molar-refractivity contribution in [3.05, 3.63) is 187 Å². The zero-order valence-corrected chi connectivity index (χ0v) is 56.2. The van der Waals surface area contributed by atoms with E-state index in [1.807, 2.05) is 12.1 Å². The summed E-state index contributed by atoms with van der Waals surface area (Å²) < 4.78 is 20.0. The van der Waals surface area contributed by atoms with E-state index < -0.39 is 107 Å². The smallest absolute Gasteiger partial charge is 0.335 e. The molecule has 4 aliphatic carbocycles. The van der Waals surface area contributed by atoms with E-state index >= 15 is 0 Å². The van der Waals surface area contributed by atoms with Crippen LogP contribution in [0.3, 0.4) is 0 Å². The summed E-state index contributed by atoms with van der Waals surface area (Å²) in [5, 5.41) is 177. The Morgan fingerprint density at radius 3 is 1.67 bits per heavy atom. The van der Waals surface area contributed by atoms with Crippen LogP contribution in [0.2, 0.25) is 0 Å². The van der Waals surface area contributed by atoms with Gasteiger partial charge in [-0.3, -0.25) is 14.4 Å². The van der Waals surface area contributed by atoms with Crippen LogP contribution in [0.5, 0.6) is 69.4 Å². The number of phenols is 9. The first-order valence-corrected chi connectivity index (χ1v) is 32.3. The number of carbonyl (C=O) groups is 5. The summed E-state index contributed by atoms with van der Waals surface area (Å²) >= 11 is 0. The van der Waals surface area contributed by atoms with Gasteiger partial charge in [-0.25, -0.2) is 19.2 Å². The molecule has 2 heterocycles. The number of rotatable bonds is 12. The van der Waals surface area contributed by atoms with Crippen LogP contribution < -0.4 is 15.6 Å². The molecule has 9 atom stereocenters. The van der Waals surface area contributed by atoms with Crippen molar-refractivity contribution in [2.75, 3.05) is 7.11 Å². The molecule has 2 aromatic heterocycles. The molecule has 30 heteroatoms. The Balaban J connectivity index is 0.000000164. The lowest BCUT2D eigenvalue weighted by Gasteiger charge is -2.48. The minimum absolute atomic E-state index is 0.0278. The molecular weight excluding hydrogens is 1390 g/mol. The minimum Gasteiger partial charge on any atom is -0.508 e. The van der Waals surface area contributed by atoms with Gasteiger partial charge in [0.25, 0.3) is 17.3 Å². The molecule has 2 unspecified atom stereocenters. The van der Waals surface area contributed by atoms with Crippen molar-refractivity contribution in [2.45, 2.75) is 94.4 Å². The lowest BCUT2D eigenvalue weighted by atomic mass is 9.55. The molecule has 0 bridgehead atoms. The summed E-state index contributed by atoms with van der Waals surface area (Å²) in [4.78, 5) is 77.7. The molecule has 3 fully saturated rings. The van der Waals surface area contributed by atoms with Gasteiger partial charge >= 0.3 is 23.9 Å². The number of ether oxygens (including phenoxy) is 2. The van der Waals surface area contributed by atoms with Crippen molar-refractivity contribution >= 4 is 86.7 Å².